The molecule has 0 amide bonds. The molecule has 32 heavy (non-hydrogen) atoms. The van der Waals surface area contributed by atoms with Gasteiger partial charge in [0.05, 0.1) is 10.6 Å². The Bertz CT molecular complexity index is 1210. The van der Waals surface area contributed by atoms with E-state index in [-0.39, 0.29) is 4.90 Å². The van der Waals surface area contributed by atoms with E-state index in [2.05, 4.69) is 19.8 Å². The summed E-state index contributed by atoms with van der Waals surface area (Å²) in [5, 5.41) is 9.38. The molecule has 0 saturated carbocycles. The van der Waals surface area contributed by atoms with Gasteiger partial charge in [0.1, 0.15) is 0 Å². The zero-order valence-electron chi connectivity index (χ0n) is 18.3. The van der Waals surface area contributed by atoms with Crippen molar-refractivity contribution in [3.63, 3.8) is 0 Å². The van der Waals surface area contributed by atoms with E-state index in [4.69, 9.17) is 11.6 Å². The number of nitrogens with one attached hydrogen (secondary N) is 1. The molecule has 1 fully saturated rings. The van der Waals surface area contributed by atoms with Crippen LogP contribution < -0.4 is 9.62 Å². The van der Waals surface area contributed by atoms with Gasteiger partial charge in [-0.2, -0.15) is 0 Å². The molecule has 1 aliphatic rings. The van der Waals surface area contributed by atoms with Gasteiger partial charge in [-0.05, 0) is 74.2 Å². The van der Waals surface area contributed by atoms with E-state index < -0.39 is 10.0 Å². The summed E-state index contributed by atoms with van der Waals surface area (Å²) in [6.07, 6.45) is 4.89. The minimum Gasteiger partial charge on any atom is -0.355 e. The van der Waals surface area contributed by atoms with Crippen LogP contribution in [0, 0.1) is 13.8 Å². The average molecular weight is 471 g/mol. The number of nitrogens with zero attached hydrogens (tertiary/aromatic N) is 3. The number of anilines is 2. The van der Waals surface area contributed by atoms with E-state index in [1.165, 1.54) is 25.7 Å². The van der Waals surface area contributed by atoms with Gasteiger partial charge in [0, 0.05) is 29.4 Å². The quantitative estimate of drug-likeness (QED) is 0.525. The predicted octanol–water partition coefficient (Wildman–Crippen LogP) is 5.60. The Balaban J connectivity index is 1.55. The first-order valence-corrected chi connectivity index (χ1v) is 12.7. The second kappa shape index (κ2) is 9.46. The number of aromatic nitrogens is 2. The Morgan fingerprint density at radius 3 is 2.34 bits per heavy atom. The largest absolute Gasteiger partial charge is 0.355 e. The van der Waals surface area contributed by atoms with Crippen LogP contribution in [0.3, 0.4) is 0 Å². The van der Waals surface area contributed by atoms with Crippen LogP contribution in [0.2, 0.25) is 5.02 Å². The van der Waals surface area contributed by atoms with E-state index >= 15 is 0 Å². The third-order valence-corrected chi connectivity index (χ3v) is 7.67. The summed E-state index contributed by atoms with van der Waals surface area (Å²) in [6, 6.07) is 14.4. The Hall–Kier alpha value is -2.64. The molecule has 6 nitrogen and oxygen atoms in total. The highest BCUT2D eigenvalue weighted by Gasteiger charge is 2.19. The molecule has 2 heterocycles. The molecule has 8 heteroatoms. The summed E-state index contributed by atoms with van der Waals surface area (Å²) >= 11 is 6.12. The van der Waals surface area contributed by atoms with Crippen molar-refractivity contribution in [3.05, 3.63) is 64.7 Å². The average Bonchev–Trinajstić information content (AvgIpc) is 3.06. The molecule has 1 aliphatic heterocycles. The maximum absolute atomic E-state index is 13.0. The molecule has 0 radical (unpaired) electrons. The Morgan fingerprint density at radius 1 is 0.906 bits per heavy atom. The van der Waals surface area contributed by atoms with Gasteiger partial charge in [-0.15, -0.1) is 10.2 Å². The van der Waals surface area contributed by atoms with Crippen molar-refractivity contribution in [2.75, 3.05) is 22.7 Å². The fourth-order valence-corrected chi connectivity index (χ4v) is 5.52. The first-order valence-electron chi connectivity index (χ1n) is 10.8. The zero-order valence-corrected chi connectivity index (χ0v) is 19.9. The van der Waals surface area contributed by atoms with E-state index in [1.807, 2.05) is 18.2 Å². The third-order valence-electron chi connectivity index (χ3n) is 5.74. The maximum Gasteiger partial charge on any atom is 0.262 e. The Morgan fingerprint density at radius 2 is 1.66 bits per heavy atom. The molecular weight excluding hydrogens is 444 g/mol. The van der Waals surface area contributed by atoms with Gasteiger partial charge in [0.15, 0.2) is 5.82 Å². The minimum atomic E-state index is -3.76. The number of halogens is 1. The number of sulfonamides is 1. The topological polar surface area (TPSA) is 75.2 Å². The summed E-state index contributed by atoms with van der Waals surface area (Å²) in [4.78, 5) is 2.50. The number of hydrogen-bond donors (Lipinski definition) is 1. The van der Waals surface area contributed by atoms with E-state index in [0.717, 1.165) is 24.5 Å². The van der Waals surface area contributed by atoms with Crippen LogP contribution in [-0.2, 0) is 10.0 Å². The van der Waals surface area contributed by atoms with Crippen molar-refractivity contribution in [1.82, 2.24) is 10.2 Å². The van der Waals surface area contributed by atoms with Gasteiger partial charge in [0.2, 0.25) is 0 Å². The van der Waals surface area contributed by atoms with Gasteiger partial charge in [-0.1, -0.05) is 36.6 Å². The molecule has 0 bridgehead atoms. The van der Waals surface area contributed by atoms with Gasteiger partial charge in [-0.3, -0.25) is 4.72 Å². The lowest BCUT2D eigenvalue weighted by atomic mass is 10.1. The SMILES string of the molecule is Cc1cc(S(=O)(=O)Nc2cccc(-c3ccc(N4CCCCCC4)nn3)c2)c(C)cc1Cl. The Labute approximate surface area is 194 Å². The Kier molecular flexibility index (Phi) is 6.67. The number of rotatable bonds is 5. The van der Waals surface area contributed by atoms with Crippen molar-refractivity contribution >= 4 is 33.1 Å². The summed E-state index contributed by atoms with van der Waals surface area (Å²) in [5.41, 5.74) is 3.27. The second-order valence-corrected chi connectivity index (χ2v) is 10.3. The first kappa shape index (κ1) is 22.6. The summed E-state index contributed by atoms with van der Waals surface area (Å²) < 4.78 is 28.7. The normalized spacial score (nSPS) is 14.8. The number of aryl methyl sites for hydroxylation is 2. The van der Waals surface area contributed by atoms with Gasteiger partial charge >= 0.3 is 0 Å². The van der Waals surface area contributed by atoms with Gasteiger partial charge in [-0.25, -0.2) is 8.42 Å². The lowest BCUT2D eigenvalue weighted by molar-refractivity contribution is 0.600. The molecular formula is C24H27ClN4O2S. The summed E-state index contributed by atoms with van der Waals surface area (Å²) in [5.74, 6) is 0.890. The fourth-order valence-electron chi connectivity index (χ4n) is 3.94. The molecule has 2 aromatic carbocycles. The van der Waals surface area contributed by atoms with E-state index in [9.17, 15) is 8.42 Å². The fraction of sp³-hybridized carbons (Fsp3) is 0.333. The first-order chi connectivity index (χ1) is 15.3. The standard InChI is InChI=1S/C24H27ClN4O2S/c1-17-15-23(18(2)14-21(17)25)32(30,31)28-20-9-7-8-19(16-20)22-10-11-24(27-26-22)29-12-5-3-4-6-13-29/h7-11,14-16,28H,3-6,12-13H2,1-2H3. The van der Waals surface area contributed by atoms with Gasteiger partial charge < -0.3 is 4.90 Å². The van der Waals surface area contributed by atoms with Crippen LogP contribution in [0.25, 0.3) is 11.3 Å². The second-order valence-electron chi connectivity index (χ2n) is 8.23. The molecule has 0 spiro atoms. The molecule has 1 aromatic heterocycles. The highest BCUT2D eigenvalue weighted by molar-refractivity contribution is 7.92. The van der Waals surface area contributed by atoms with Crippen molar-refractivity contribution in [2.45, 2.75) is 44.4 Å². The summed E-state index contributed by atoms with van der Waals surface area (Å²) in [6.45, 7) is 5.54. The van der Waals surface area contributed by atoms with Crippen molar-refractivity contribution in [2.24, 2.45) is 0 Å². The predicted molar refractivity (Wildman–Crippen MR) is 130 cm³/mol. The van der Waals surface area contributed by atoms with Crippen LogP contribution >= 0.6 is 11.6 Å². The van der Waals surface area contributed by atoms with Crippen LogP contribution in [-0.4, -0.2) is 31.7 Å². The molecule has 1 saturated heterocycles. The van der Waals surface area contributed by atoms with Crippen LogP contribution in [0.4, 0.5) is 11.5 Å². The highest BCUT2D eigenvalue weighted by atomic mass is 35.5. The van der Waals surface area contributed by atoms with Crippen molar-refractivity contribution in [3.8, 4) is 11.3 Å². The minimum absolute atomic E-state index is 0.214. The van der Waals surface area contributed by atoms with E-state index in [1.54, 1.807) is 44.2 Å². The molecule has 3 aromatic rings. The maximum atomic E-state index is 13.0. The van der Waals surface area contributed by atoms with Crippen LogP contribution in [0.15, 0.2) is 53.4 Å². The monoisotopic (exact) mass is 470 g/mol. The van der Waals surface area contributed by atoms with Gasteiger partial charge in [0.25, 0.3) is 10.0 Å². The molecule has 1 N–H and O–H groups in total. The molecule has 168 valence electrons. The lowest BCUT2D eigenvalue weighted by Gasteiger charge is -2.20. The van der Waals surface area contributed by atoms with Crippen molar-refractivity contribution < 1.29 is 8.42 Å². The van der Waals surface area contributed by atoms with Crippen LogP contribution in [0.5, 0.6) is 0 Å². The number of hydrogen-bond acceptors (Lipinski definition) is 5. The summed E-state index contributed by atoms with van der Waals surface area (Å²) in [7, 11) is -3.76. The lowest BCUT2D eigenvalue weighted by Crippen LogP contribution is -2.25. The molecule has 4 rings (SSSR count). The van der Waals surface area contributed by atoms with Crippen LogP contribution in [0.1, 0.15) is 36.8 Å². The molecule has 0 atom stereocenters. The highest BCUT2D eigenvalue weighted by Crippen LogP contribution is 2.27. The smallest absolute Gasteiger partial charge is 0.262 e. The number of benzene rings is 2. The third kappa shape index (κ3) is 5.05. The molecule has 0 aliphatic carbocycles. The zero-order chi connectivity index (χ0) is 22.7. The van der Waals surface area contributed by atoms with E-state index in [0.29, 0.717) is 27.5 Å². The molecule has 0 unspecified atom stereocenters. The van der Waals surface area contributed by atoms with Crippen molar-refractivity contribution in [1.29, 1.82) is 0 Å².